The number of nitrogens with zero attached hydrogens (tertiary/aromatic N) is 2. The molecule has 1 aromatic rings. The maximum atomic E-state index is 12.2. The van der Waals surface area contributed by atoms with E-state index in [4.69, 9.17) is 5.73 Å². The third-order valence-corrected chi connectivity index (χ3v) is 3.97. The van der Waals surface area contributed by atoms with Crippen LogP contribution in [0.5, 0.6) is 0 Å². The molecule has 0 radical (unpaired) electrons. The largest absolute Gasteiger partial charge is 0.350 e. The van der Waals surface area contributed by atoms with Crippen molar-refractivity contribution in [3.63, 3.8) is 0 Å². The number of aromatic nitrogens is 2. The molecule has 2 unspecified atom stereocenters. The number of hydrogen-bond donors (Lipinski definition) is 2. The van der Waals surface area contributed by atoms with Crippen molar-refractivity contribution >= 4 is 5.91 Å². The highest BCUT2D eigenvalue weighted by Crippen LogP contribution is 2.23. The van der Waals surface area contributed by atoms with E-state index in [1.807, 2.05) is 19.9 Å². The summed E-state index contributed by atoms with van der Waals surface area (Å²) in [5, 5.41) is 7.40. The Labute approximate surface area is 114 Å². The molecule has 1 aromatic heterocycles. The summed E-state index contributed by atoms with van der Waals surface area (Å²) < 4.78 is 1.77. The first-order valence-electron chi connectivity index (χ1n) is 7.26. The van der Waals surface area contributed by atoms with E-state index in [1.165, 1.54) is 6.42 Å². The normalized spacial score (nSPS) is 22.7. The van der Waals surface area contributed by atoms with Crippen molar-refractivity contribution in [2.45, 2.75) is 52.1 Å². The van der Waals surface area contributed by atoms with E-state index in [-0.39, 0.29) is 11.9 Å². The Morgan fingerprint density at radius 2 is 2.32 bits per heavy atom. The molecule has 0 aliphatic heterocycles. The molecule has 0 spiro atoms. The van der Waals surface area contributed by atoms with Crippen molar-refractivity contribution in [1.29, 1.82) is 0 Å². The van der Waals surface area contributed by atoms with Crippen LogP contribution >= 0.6 is 0 Å². The van der Waals surface area contributed by atoms with E-state index in [0.29, 0.717) is 24.7 Å². The van der Waals surface area contributed by atoms with E-state index >= 15 is 0 Å². The van der Waals surface area contributed by atoms with Crippen LogP contribution in [0.4, 0.5) is 0 Å². The predicted molar refractivity (Wildman–Crippen MR) is 74.9 cm³/mol. The van der Waals surface area contributed by atoms with Crippen LogP contribution in [0.1, 0.15) is 49.3 Å². The van der Waals surface area contributed by atoms with Crippen LogP contribution in [-0.4, -0.2) is 28.3 Å². The van der Waals surface area contributed by atoms with Gasteiger partial charge in [0.05, 0.1) is 5.69 Å². The van der Waals surface area contributed by atoms with Crippen LogP contribution in [-0.2, 0) is 13.0 Å². The van der Waals surface area contributed by atoms with E-state index in [1.54, 1.807) is 4.68 Å². The average molecular weight is 264 g/mol. The summed E-state index contributed by atoms with van der Waals surface area (Å²) in [6.07, 6.45) is 4.22. The Hall–Kier alpha value is -1.36. The molecule has 106 valence electrons. The zero-order valence-corrected chi connectivity index (χ0v) is 11.9. The quantitative estimate of drug-likeness (QED) is 0.842. The van der Waals surface area contributed by atoms with Crippen LogP contribution in [0.15, 0.2) is 6.07 Å². The Morgan fingerprint density at radius 1 is 1.53 bits per heavy atom. The number of amides is 1. The summed E-state index contributed by atoms with van der Waals surface area (Å²) in [5.41, 5.74) is 7.64. The lowest BCUT2D eigenvalue weighted by Gasteiger charge is -2.16. The van der Waals surface area contributed by atoms with Gasteiger partial charge in [-0.25, -0.2) is 0 Å². The van der Waals surface area contributed by atoms with Crippen molar-refractivity contribution in [2.24, 2.45) is 11.7 Å². The summed E-state index contributed by atoms with van der Waals surface area (Å²) in [6, 6.07) is 2.12. The Bertz CT molecular complexity index is 441. The predicted octanol–water partition coefficient (Wildman–Crippen LogP) is 1.32. The summed E-state index contributed by atoms with van der Waals surface area (Å²) in [6.45, 7) is 5.43. The SMILES string of the molecule is CCc1cc(C(=O)NCC2CCCC2N)n(CC)n1. The second kappa shape index (κ2) is 6.19. The van der Waals surface area contributed by atoms with Crippen molar-refractivity contribution < 1.29 is 4.79 Å². The first-order valence-corrected chi connectivity index (χ1v) is 7.26. The van der Waals surface area contributed by atoms with Gasteiger partial charge in [-0.1, -0.05) is 13.3 Å². The number of carbonyl (C=O) groups is 1. The van der Waals surface area contributed by atoms with Gasteiger partial charge in [0.1, 0.15) is 5.69 Å². The zero-order valence-electron chi connectivity index (χ0n) is 11.9. The van der Waals surface area contributed by atoms with Crippen LogP contribution in [0, 0.1) is 5.92 Å². The summed E-state index contributed by atoms with van der Waals surface area (Å²) in [5.74, 6) is 0.390. The topological polar surface area (TPSA) is 72.9 Å². The number of rotatable bonds is 5. The molecule has 5 heteroatoms. The smallest absolute Gasteiger partial charge is 0.269 e. The van der Waals surface area contributed by atoms with Gasteiger partial charge in [-0.05, 0) is 38.2 Å². The van der Waals surface area contributed by atoms with Crippen LogP contribution in [0.3, 0.4) is 0 Å². The molecule has 0 saturated heterocycles. The van der Waals surface area contributed by atoms with Gasteiger partial charge in [0.2, 0.25) is 0 Å². The van der Waals surface area contributed by atoms with Crippen LogP contribution < -0.4 is 11.1 Å². The van der Waals surface area contributed by atoms with Crippen molar-refractivity contribution in [3.05, 3.63) is 17.5 Å². The second-order valence-electron chi connectivity index (χ2n) is 5.26. The Balaban J connectivity index is 1.97. The maximum Gasteiger partial charge on any atom is 0.269 e. The molecular formula is C14H24N4O. The molecule has 19 heavy (non-hydrogen) atoms. The van der Waals surface area contributed by atoms with E-state index in [9.17, 15) is 4.79 Å². The minimum Gasteiger partial charge on any atom is -0.350 e. The first-order chi connectivity index (χ1) is 9.15. The number of hydrogen-bond acceptors (Lipinski definition) is 3. The molecule has 1 fully saturated rings. The highest BCUT2D eigenvalue weighted by Gasteiger charge is 2.24. The highest BCUT2D eigenvalue weighted by atomic mass is 16.2. The van der Waals surface area contributed by atoms with Gasteiger partial charge >= 0.3 is 0 Å². The number of aryl methyl sites for hydroxylation is 2. The van der Waals surface area contributed by atoms with Crippen LogP contribution in [0.25, 0.3) is 0 Å². The van der Waals surface area contributed by atoms with Gasteiger partial charge in [-0.2, -0.15) is 5.10 Å². The lowest BCUT2D eigenvalue weighted by atomic mass is 10.0. The van der Waals surface area contributed by atoms with Gasteiger partial charge in [-0.15, -0.1) is 0 Å². The van der Waals surface area contributed by atoms with Gasteiger partial charge in [-0.3, -0.25) is 9.48 Å². The summed E-state index contributed by atoms with van der Waals surface area (Å²) in [4.78, 5) is 12.2. The van der Waals surface area contributed by atoms with E-state index in [0.717, 1.165) is 25.0 Å². The molecule has 1 heterocycles. The first kappa shape index (κ1) is 14.1. The van der Waals surface area contributed by atoms with Crippen molar-refractivity contribution in [2.75, 3.05) is 6.54 Å². The van der Waals surface area contributed by atoms with E-state index in [2.05, 4.69) is 10.4 Å². The number of carbonyl (C=O) groups excluding carboxylic acids is 1. The standard InChI is InChI=1S/C14H24N4O/c1-3-11-8-13(18(4-2)17-11)14(19)16-9-10-6-5-7-12(10)15/h8,10,12H,3-7,9,15H2,1-2H3,(H,16,19). The molecule has 1 saturated carbocycles. The lowest BCUT2D eigenvalue weighted by molar-refractivity contribution is 0.0936. The second-order valence-corrected chi connectivity index (χ2v) is 5.26. The number of nitrogens with one attached hydrogen (secondary N) is 1. The fourth-order valence-electron chi connectivity index (χ4n) is 2.70. The summed E-state index contributed by atoms with van der Waals surface area (Å²) in [7, 11) is 0. The third-order valence-electron chi connectivity index (χ3n) is 3.97. The fraction of sp³-hybridized carbons (Fsp3) is 0.714. The molecular weight excluding hydrogens is 240 g/mol. The Kier molecular flexibility index (Phi) is 4.58. The molecule has 5 nitrogen and oxygen atoms in total. The molecule has 2 rings (SSSR count). The molecule has 1 aliphatic carbocycles. The van der Waals surface area contributed by atoms with E-state index < -0.39 is 0 Å². The van der Waals surface area contributed by atoms with Crippen LogP contribution in [0.2, 0.25) is 0 Å². The number of nitrogens with two attached hydrogens (primary N) is 1. The monoisotopic (exact) mass is 264 g/mol. The van der Waals surface area contributed by atoms with Crippen molar-refractivity contribution in [1.82, 2.24) is 15.1 Å². The van der Waals surface area contributed by atoms with Gasteiger partial charge in [0.15, 0.2) is 0 Å². The zero-order chi connectivity index (χ0) is 13.8. The van der Waals surface area contributed by atoms with Gasteiger partial charge < -0.3 is 11.1 Å². The minimum absolute atomic E-state index is 0.0341. The molecule has 1 amide bonds. The lowest BCUT2D eigenvalue weighted by Crippen LogP contribution is -2.36. The van der Waals surface area contributed by atoms with Crippen molar-refractivity contribution in [3.8, 4) is 0 Å². The minimum atomic E-state index is -0.0341. The molecule has 2 atom stereocenters. The summed E-state index contributed by atoms with van der Waals surface area (Å²) >= 11 is 0. The molecule has 0 aromatic carbocycles. The fourth-order valence-corrected chi connectivity index (χ4v) is 2.70. The highest BCUT2D eigenvalue weighted by molar-refractivity contribution is 5.92. The van der Waals surface area contributed by atoms with Gasteiger partial charge in [0, 0.05) is 19.1 Å². The molecule has 3 N–H and O–H groups in total. The molecule has 1 aliphatic rings. The molecule has 0 bridgehead atoms. The van der Waals surface area contributed by atoms with Gasteiger partial charge in [0.25, 0.3) is 5.91 Å². The Morgan fingerprint density at radius 3 is 2.89 bits per heavy atom. The third kappa shape index (κ3) is 3.15. The average Bonchev–Trinajstić information content (AvgIpc) is 3.01. The maximum absolute atomic E-state index is 12.2.